The van der Waals surface area contributed by atoms with Gasteiger partial charge in [-0.25, -0.2) is 0 Å². The molecule has 0 saturated heterocycles. The van der Waals surface area contributed by atoms with Crippen LogP contribution in [0.1, 0.15) is 30.4 Å². The number of aryl methyl sites for hydroxylation is 1. The van der Waals surface area contributed by atoms with E-state index in [1.165, 1.54) is 5.56 Å². The van der Waals surface area contributed by atoms with Crippen LogP contribution in [0, 0.1) is 0 Å². The van der Waals surface area contributed by atoms with E-state index in [9.17, 15) is 4.79 Å². The fraction of sp³-hybridized carbons (Fsp3) is 0.421. The van der Waals surface area contributed by atoms with Gasteiger partial charge < -0.3 is 16.0 Å². The fourth-order valence-electron chi connectivity index (χ4n) is 3.13. The third-order valence-electron chi connectivity index (χ3n) is 4.38. The number of carbonyl (C=O) groups is 1. The second-order valence-electron chi connectivity index (χ2n) is 6.46. The summed E-state index contributed by atoms with van der Waals surface area (Å²) < 4.78 is 1.81. The number of anilines is 1. The highest BCUT2D eigenvalue weighted by Crippen LogP contribution is 2.31. The Morgan fingerprint density at radius 3 is 3.00 bits per heavy atom. The number of fused-ring (bicyclic) bond motifs is 1. The highest BCUT2D eigenvalue weighted by molar-refractivity contribution is 5.94. The van der Waals surface area contributed by atoms with E-state index >= 15 is 0 Å². The van der Waals surface area contributed by atoms with Crippen molar-refractivity contribution in [3.05, 3.63) is 47.8 Å². The van der Waals surface area contributed by atoms with Gasteiger partial charge in [-0.1, -0.05) is 18.2 Å². The Balaban J connectivity index is 1.61. The third kappa shape index (κ3) is 4.62. The molecule has 26 heavy (non-hydrogen) atoms. The van der Waals surface area contributed by atoms with Crippen molar-refractivity contribution in [2.24, 2.45) is 12.0 Å². The number of hydrogen-bond acceptors (Lipinski definition) is 3. The molecule has 0 radical (unpaired) electrons. The number of nitrogens with one attached hydrogen (secondary N) is 3. The van der Waals surface area contributed by atoms with Crippen molar-refractivity contribution in [3.63, 3.8) is 0 Å². The summed E-state index contributed by atoms with van der Waals surface area (Å²) in [6.45, 7) is 4.19. The highest BCUT2D eigenvalue weighted by Gasteiger charge is 2.24. The van der Waals surface area contributed by atoms with Crippen molar-refractivity contribution in [3.8, 4) is 0 Å². The van der Waals surface area contributed by atoms with Gasteiger partial charge in [0.1, 0.15) is 0 Å². The number of para-hydroxylation sites is 1. The molecule has 0 aliphatic carbocycles. The Morgan fingerprint density at radius 2 is 2.23 bits per heavy atom. The van der Waals surface area contributed by atoms with E-state index in [1.807, 2.05) is 44.6 Å². The van der Waals surface area contributed by atoms with Crippen molar-refractivity contribution in [1.82, 2.24) is 20.4 Å². The van der Waals surface area contributed by atoms with E-state index < -0.39 is 0 Å². The molecule has 0 spiro atoms. The van der Waals surface area contributed by atoms with Gasteiger partial charge in [-0.2, -0.15) is 5.10 Å². The van der Waals surface area contributed by atoms with Gasteiger partial charge in [-0.05, 0) is 30.5 Å². The van der Waals surface area contributed by atoms with Crippen molar-refractivity contribution in [2.75, 3.05) is 25.0 Å². The van der Waals surface area contributed by atoms with Crippen LogP contribution in [0.15, 0.2) is 41.7 Å². The molecule has 2 aromatic rings. The highest BCUT2D eigenvalue weighted by atomic mass is 16.1. The van der Waals surface area contributed by atoms with Gasteiger partial charge >= 0.3 is 0 Å². The van der Waals surface area contributed by atoms with Crippen LogP contribution in [0.5, 0.6) is 0 Å². The second kappa shape index (κ2) is 8.51. The Labute approximate surface area is 153 Å². The van der Waals surface area contributed by atoms with Crippen LogP contribution in [0.25, 0.3) is 0 Å². The van der Waals surface area contributed by atoms with Gasteiger partial charge in [-0.15, -0.1) is 0 Å². The maximum atomic E-state index is 11.9. The Hall–Kier alpha value is -2.83. The van der Waals surface area contributed by atoms with E-state index in [0.29, 0.717) is 13.0 Å². The summed E-state index contributed by atoms with van der Waals surface area (Å²) in [6.07, 6.45) is 5.25. The number of carbonyl (C=O) groups excluding carboxylic acids is 1. The molecule has 7 nitrogen and oxygen atoms in total. The number of amides is 1. The molecule has 0 bridgehead atoms. The molecule has 1 aliphatic rings. The van der Waals surface area contributed by atoms with Gasteiger partial charge in [-0.3, -0.25) is 14.5 Å². The number of nitrogens with zero attached hydrogens (tertiary/aromatic N) is 3. The molecule has 1 atom stereocenters. The number of hydrogen-bond donors (Lipinski definition) is 3. The maximum Gasteiger partial charge on any atom is 0.225 e. The van der Waals surface area contributed by atoms with Crippen molar-refractivity contribution < 1.29 is 4.79 Å². The quantitative estimate of drug-likeness (QED) is 0.544. The summed E-state index contributed by atoms with van der Waals surface area (Å²) in [4.78, 5) is 16.6. The lowest BCUT2D eigenvalue weighted by atomic mass is 9.91. The standard InChI is InChI=1S/C19H26N6O/c1-3-20-19(21-9-8-14-11-23-25(2)13-14)22-12-15-10-18(26)24-17-7-5-4-6-16(15)17/h4-7,11,13,15H,3,8-10,12H2,1-2H3,(H,24,26)(H2,20,21,22). The molecule has 0 saturated carbocycles. The summed E-state index contributed by atoms with van der Waals surface area (Å²) >= 11 is 0. The molecule has 1 aromatic heterocycles. The number of rotatable bonds is 6. The maximum absolute atomic E-state index is 11.9. The lowest BCUT2D eigenvalue weighted by Gasteiger charge is -2.24. The largest absolute Gasteiger partial charge is 0.357 e. The number of aliphatic imine (C=N–C) groups is 1. The average Bonchev–Trinajstić information content (AvgIpc) is 3.04. The lowest BCUT2D eigenvalue weighted by Crippen LogP contribution is -2.38. The minimum Gasteiger partial charge on any atom is -0.357 e. The first kappa shape index (κ1) is 18.0. The van der Waals surface area contributed by atoms with Gasteiger partial charge in [0, 0.05) is 44.4 Å². The molecule has 3 rings (SSSR count). The average molecular weight is 354 g/mol. The zero-order chi connectivity index (χ0) is 18.4. The van der Waals surface area contributed by atoms with Crippen LogP contribution >= 0.6 is 0 Å². The number of benzene rings is 1. The Kier molecular flexibility index (Phi) is 5.88. The van der Waals surface area contributed by atoms with E-state index in [-0.39, 0.29) is 11.8 Å². The smallest absolute Gasteiger partial charge is 0.225 e. The van der Waals surface area contributed by atoms with E-state index in [1.54, 1.807) is 4.68 Å². The van der Waals surface area contributed by atoms with Crippen LogP contribution in [0.4, 0.5) is 5.69 Å². The summed E-state index contributed by atoms with van der Waals surface area (Å²) in [6, 6.07) is 7.96. The molecule has 2 heterocycles. The van der Waals surface area contributed by atoms with Crippen LogP contribution < -0.4 is 16.0 Å². The van der Waals surface area contributed by atoms with Gasteiger partial charge in [0.25, 0.3) is 0 Å². The monoisotopic (exact) mass is 354 g/mol. The number of aromatic nitrogens is 2. The van der Waals surface area contributed by atoms with Gasteiger partial charge in [0.2, 0.25) is 5.91 Å². The predicted octanol–water partition coefficient (Wildman–Crippen LogP) is 1.64. The van der Waals surface area contributed by atoms with E-state index in [0.717, 1.165) is 36.7 Å². The van der Waals surface area contributed by atoms with E-state index in [4.69, 9.17) is 4.99 Å². The Morgan fingerprint density at radius 1 is 1.38 bits per heavy atom. The van der Waals surface area contributed by atoms with Crippen molar-refractivity contribution in [1.29, 1.82) is 0 Å². The summed E-state index contributed by atoms with van der Waals surface area (Å²) in [5.41, 5.74) is 3.24. The minimum absolute atomic E-state index is 0.0541. The molecule has 7 heteroatoms. The lowest BCUT2D eigenvalue weighted by molar-refractivity contribution is -0.116. The first-order chi connectivity index (χ1) is 12.7. The molecule has 0 fully saturated rings. The van der Waals surface area contributed by atoms with Crippen molar-refractivity contribution >= 4 is 17.6 Å². The third-order valence-corrected chi connectivity index (χ3v) is 4.38. The van der Waals surface area contributed by atoms with Crippen molar-refractivity contribution in [2.45, 2.75) is 25.7 Å². The first-order valence-corrected chi connectivity index (χ1v) is 9.04. The molecule has 1 unspecified atom stereocenters. The van der Waals surface area contributed by atoms with Crippen LogP contribution in [-0.2, 0) is 18.3 Å². The van der Waals surface area contributed by atoms with Crippen LogP contribution in [0.3, 0.4) is 0 Å². The summed E-state index contributed by atoms with van der Waals surface area (Å²) in [5.74, 6) is 0.937. The summed E-state index contributed by atoms with van der Waals surface area (Å²) in [5, 5.41) is 13.7. The normalized spacial score (nSPS) is 16.8. The molecule has 1 aliphatic heterocycles. The van der Waals surface area contributed by atoms with Crippen LogP contribution in [-0.4, -0.2) is 41.3 Å². The fourth-order valence-corrected chi connectivity index (χ4v) is 3.13. The minimum atomic E-state index is 0.0541. The molecular formula is C19H26N6O. The van der Waals surface area contributed by atoms with Gasteiger partial charge in [0.05, 0.1) is 12.7 Å². The number of guanidine groups is 1. The molecule has 1 amide bonds. The molecule has 138 valence electrons. The van der Waals surface area contributed by atoms with Gasteiger partial charge in [0.15, 0.2) is 5.96 Å². The Bertz CT molecular complexity index is 782. The molecular weight excluding hydrogens is 328 g/mol. The molecule has 3 N–H and O–H groups in total. The van der Waals surface area contributed by atoms with Crippen LogP contribution in [0.2, 0.25) is 0 Å². The first-order valence-electron chi connectivity index (χ1n) is 9.04. The predicted molar refractivity (Wildman–Crippen MR) is 103 cm³/mol. The zero-order valence-electron chi connectivity index (χ0n) is 15.3. The topological polar surface area (TPSA) is 83.3 Å². The second-order valence-corrected chi connectivity index (χ2v) is 6.46. The SMILES string of the molecule is CCNC(=NCC1CC(=O)Nc2ccccc21)NCCc1cnn(C)c1. The van der Waals surface area contributed by atoms with E-state index in [2.05, 4.69) is 27.1 Å². The zero-order valence-corrected chi connectivity index (χ0v) is 15.3. The summed E-state index contributed by atoms with van der Waals surface area (Å²) in [7, 11) is 1.92. The molecule has 1 aromatic carbocycles.